The number of imide groups is 1. The molecule has 2 aromatic rings. The summed E-state index contributed by atoms with van der Waals surface area (Å²) in [6.45, 7) is 0. The van der Waals surface area contributed by atoms with Gasteiger partial charge >= 0.3 is 6.18 Å². The van der Waals surface area contributed by atoms with Crippen molar-refractivity contribution in [3.8, 4) is 0 Å². The number of carbonyl (C=O) groups excluding carboxylic acids is 2. The van der Waals surface area contributed by atoms with Gasteiger partial charge in [0.2, 0.25) is 11.7 Å². The molecule has 10 heteroatoms. The van der Waals surface area contributed by atoms with Gasteiger partial charge in [-0.15, -0.1) is 10.2 Å². The van der Waals surface area contributed by atoms with Gasteiger partial charge in [-0.1, -0.05) is 30.0 Å². The summed E-state index contributed by atoms with van der Waals surface area (Å²) in [5.74, 6) is -2.63. The summed E-state index contributed by atoms with van der Waals surface area (Å²) < 4.78 is 38.4. The topological polar surface area (TPSA) is 76.9 Å². The Labute approximate surface area is 133 Å². The van der Waals surface area contributed by atoms with Gasteiger partial charge in [0.05, 0.1) is 5.75 Å². The minimum absolute atomic E-state index is 0.0698. The van der Waals surface area contributed by atoms with Crippen LogP contribution >= 0.6 is 11.8 Å². The summed E-state index contributed by atoms with van der Waals surface area (Å²) in [6, 6.07) is 8.08. The van der Waals surface area contributed by atoms with E-state index in [0.717, 1.165) is 23.4 Å². The zero-order valence-corrected chi connectivity index (χ0v) is 12.6. The van der Waals surface area contributed by atoms with Gasteiger partial charge in [-0.05, 0) is 12.1 Å². The normalized spacial score (nSPS) is 11.3. The van der Waals surface area contributed by atoms with Crippen LogP contribution in [0.15, 0.2) is 35.5 Å². The third kappa shape index (κ3) is 4.31. The van der Waals surface area contributed by atoms with Gasteiger partial charge in [0.15, 0.2) is 5.16 Å². The van der Waals surface area contributed by atoms with E-state index in [-0.39, 0.29) is 10.9 Å². The van der Waals surface area contributed by atoms with E-state index >= 15 is 0 Å². The molecule has 0 aliphatic carbocycles. The van der Waals surface area contributed by atoms with Crippen molar-refractivity contribution in [3.05, 3.63) is 41.7 Å². The lowest BCUT2D eigenvalue weighted by Crippen LogP contribution is -2.31. The van der Waals surface area contributed by atoms with Crippen molar-refractivity contribution >= 4 is 23.6 Å². The monoisotopic (exact) mass is 344 g/mol. The number of nitrogens with zero attached hydrogens (tertiary/aromatic N) is 3. The van der Waals surface area contributed by atoms with E-state index in [0.29, 0.717) is 5.56 Å². The molecule has 0 radical (unpaired) electrons. The number of aromatic nitrogens is 3. The highest BCUT2D eigenvalue weighted by Crippen LogP contribution is 2.29. The molecule has 122 valence electrons. The summed E-state index contributed by atoms with van der Waals surface area (Å²) in [6.07, 6.45) is -4.62. The second kappa shape index (κ2) is 6.82. The average molecular weight is 344 g/mol. The van der Waals surface area contributed by atoms with E-state index in [1.165, 1.54) is 12.1 Å². The number of hydrogen-bond donors (Lipinski definition) is 1. The van der Waals surface area contributed by atoms with Gasteiger partial charge in [-0.25, -0.2) is 0 Å². The van der Waals surface area contributed by atoms with Crippen LogP contribution in [0.5, 0.6) is 0 Å². The van der Waals surface area contributed by atoms with Crippen molar-refractivity contribution in [3.63, 3.8) is 0 Å². The van der Waals surface area contributed by atoms with Crippen LogP contribution < -0.4 is 5.32 Å². The molecular weight excluding hydrogens is 333 g/mol. The van der Waals surface area contributed by atoms with Crippen molar-refractivity contribution in [1.29, 1.82) is 0 Å². The summed E-state index contributed by atoms with van der Waals surface area (Å²) >= 11 is 0.754. The molecule has 0 saturated carbocycles. The number of amides is 2. The molecule has 2 rings (SSSR count). The van der Waals surface area contributed by atoms with Crippen molar-refractivity contribution in [2.75, 3.05) is 5.75 Å². The maximum absolute atomic E-state index is 12.6. The SMILES string of the molecule is Cn1c(SCC(=O)NC(=O)c2ccccc2)nnc1C(F)(F)F. The van der Waals surface area contributed by atoms with Gasteiger partial charge in [0.25, 0.3) is 5.91 Å². The molecule has 0 aliphatic rings. The number of rotatable bonds is 4. The Morgan fingerprint density at radius 3 is 2.43 bits per heavy atom. The quantitative estimate of drug-likeness (QED) is 0.857. The lowest BCUT2D eigenvalue weighted by atomic mass is 10.2. The van der Waals surface area contributed by atoms with Crippen LogP contribution in [-0.2, 0) is 18.0 Å². The zero-order chi connectivity index (χ0) is 17.0. The van der Waals surface area contributed by atoms with Crippen molar-refractivity contribution in [2.24, 2.45) is 7.05 Å². The van der Waals surface area contributed by atoms with Crippen LogP contribution in [0.2, 0.25) is 0 Å². The Morgan fingerprint density at radius 2 is 1.87 bits per heavy atom. The van der Waals surface area contributed by atoms with Crippen LogP contribution in [-0.4, -0.2) is 32.3 Å². The molecule has 0 atom stereocenters. The number of alkyl halides is 3. The fraction of sp³-hybridized carbons (Fsp3) is 0.231. The fourth-order valence-corrected chi connectivity index (χ4v) is 2.35. The summed E-state index contributed by atoms with van der Waals surface area (Å²) in [4.78, 5) is 23.4. The third-order valence-electron chi connectivity index (χ3n) is 2.71. The lowest BCUT2D eigenvalue weighted by molar-refractivity contribution is -0.147. The van der Waals surface area contributed by atoms with E-state index in [2.05, 4.69) is 15.5 Å². The Balaban J connectivity index is 1.93. The number of benzene rings is 1. The highest BCUT2D eigenvalue weighted by Gasteiger charge is 2.37. The number of hydrogen-bond acceptors (Lipinski definition) is 5. The maximum atomic E-state index is 12.6. The Kier molecular flexibility index (Phi) is 5.04. The molecule has 1 heterocycles. The molecule has 0 bridgehead atoms. The third-order valence-corrected chi connectivity index (χ3v) is 3.73. The summed E-state index contributed by atoms with van der Waals surface area (Å²) in [7, 11) is 1.15. The molecule has 1 aromatic heterocycles. The van der Waals surface area contributed by atoms with Crippen LogP contribution in [0, 0.1) is 0 Å². The first kappa shape index (κ1) is 17.0. The number of thioether (sulfide) groups is 1. The van der Waals surface area contributed by atoms with Crippen LogP contribution in [0.3, 0.4) is 0 Å². The number of nitrogens with one attached hydrogen (secondary N) is 1. The zero-order valence-electron chi connectivity index (χ0n) is 11.8. The van der Waals surface area contributed by atoms with Gasteiger partial charge in [0, 0.05) is 12.6 Å². The Morgan fingerprint density at radius 1 is 1.22 bits per heavy atom. The largest absolute Gasteiger partial charge is 0.451 e. The van der Waals surface area contributed by atoms with E-state index in [9.17, 15) is 22.8 Å². The maximum Gasteiger partial charge on any atom is 0.451 e. The van der Waals surface area contributed by atoms with Gasteiger partial charge in [0.1, 0.15) is 0 Å². The smallest absolute Gasteiger partial charge is 0.302 e. The van der Waals surface area contributed by atoms with Crippen molar-refractivity contribution in [1.82, 2.24) is 20.1 Å². The standard InChI is InChI=1S/C13H11F3N4O2S/c1-20-11(13(14,15)16)18-19-12(20)23-7-9(21)17-10(22)8-5-3-2-4-6-8/h2-6H,7H2,1H3,(H,17,21,22). The second-order valence-electron chi connectivity index (χ2n) is 4.39. The molecule has 23 heavy (non-hydrogen) atoms. The first-order chi connectivity index (χ1) is 10.8. The van der Waals surface area contributed by atoms with Gasteiger partial charge in [-0.3, -0.25) is 14.9 Å². The molecule has 0 spiro atoms. The predicted molar refractivity (Wildman–Crippen MR) is 75.6 cm³/mol. The molecule has 0 aliphatic heterocycles. The lowest BCUT2D eigenvalue weighted by Gasteiger charge is -2.06. The van der Waals surface area contributed by atoms with Crippen LogP contribution in [0.25, 0.3) is 0 Å². The molecular formula is C13H11F3N4O2S. The number of carbonyl (C=O) groups is 2. The minimum Gasteiger partial charge on any atom is -0.302 e. The molecule has 1 N–H and O–H groups in total. The van der Waals surface area contributed by atoms with Crippen LogP contribution in [0.1, 0.15) is 16.2 Å². The molecule has 6 nitrogen and oxygen atoms in total. The van der Waals surface area contributed by atoms with E-state index in [4.69, 9.17) is 0 Å². The molecule has 0 unspecified atom stereocenters. The highest BCUT2D eigenvalue weighted by molar-refractivity contribution is 7.99. The van der Waals surface area contributed by atoms with Gasteiger partial charge < -0.3 is 4.57 Å². The predicted octanol–water partition coefficient (Wildman–Crippen LogP) is 1.88. The van der Waals surface area contributed by atoms with Crippen molar-refractivity contribution in [2.45, 2.75) is 11.3 Å². The van der Waals surface area contributed by atoms with E-state index < -0.39 is 23.8 Å². The highest BCUT2D eigenvalue weighted by atomic mass is 32.2. The minimum atomic E-state index is -4.62. The second-order valence-corrected chi connectivity index (χ2v) is 5.34. The fourth-order valence-electron chi connectivity index (χ4n) is 1.64. The van der Waals surface area contributed by atoms with Crippen molar-refractivity contribution < 1.29 is 22.8 Å². The number of halogens is 3. The molecule has 0 fully saturated rings. The Hall–Kier alpha value is -2.36. The molecule has 1 aromatic carbocycles. The molecule has 2 amide bonds. The summed E-state index contributed by atoms with van der Waals surface area (Å²) in [5, 5.41) is 8.50. The van der Waals surface area contributed by atoms with E-state index in [1.807, 2.05) is 0 Å². The van der Waals surface area contributed by atoms with Gasteiger partial charge in [-0.2, -0.15) is 13.2 Å². The van der Waals surface area contributed by atoms with E-state index in [1.54, 1.807) is 18.2 Å². The first-order valence-corrected chi connectivity index (χ1v) is 7.26. The average Bonchev–Trinajstić information content (AvgIpc) is 2.87. The molecule has 0 saturated heterocycles. The first-order valence-electron chi connectivity index (χ1n) is 6.27. The Bertz CT molecular complexity index is 716. The summed E-state index contributed by atoms with van der Waals surface area (Å²) in [5.41, 5.74) is 0.309. The van der Waals surface area contributed by atoms with Crippen LogP contribution in [0.4, 0.5) is 13.2 Å².